The Balaban J connectivity index is 2.83. The lowest BCUT2D eigenvalue weighted by molar-refractivity contribution is 1.19. The van der Waals surface area contributed by atoms with Crippen LogP contribution in [-0.4, -0.2) is 11.5 Å². The Labute approximate surface area is 101 Å². The lowest BCUT2D eigenvalue weighted by Crippen LogP contribution is -2.00. The summed E-state index contributed by atoms with van der Waals surface area (Å²) in [5.74, 6) is 0. The van der Waals surface area contributed by atoms with Crippen molar-refractivity contribution in [2.24, 2.45) is 0 Å². The van der Waals surface area contributed by atoms with E-state index in [1.54, 1.807) is 0 Å². The predicted octanol–water partition coefficient (Wildman–Crippen LogP) is 3.94. The molecule has 1 N–H and O–H groups in total. The van der Waals surface area contributed by atoms with Crippen molar-refractivity contribution in [3.05, 3.63) is 34.5 Å². The largest absolute Gasteiger partial charge is 0.385 e. The van der Waals surface area contributed by atoms with Crippen LogP contribution in [0.4, 0.5) is 5.69 Å². The highest BCUT2D eigenvalue weighted by atomic mass is 35.5. The van der Waals surface area contributed by atoms with Crippen molar-refractivity contribution in [2.75, 3.05) is 11.9 Å². The van der Waals surface area contributed by atoms with Crippen molar-refractivity contribution in [3.63, 3.8) is 0 Å². The van der Waals surface area contributed by atoms with E-state index in [1.807, 2.05) is 19.1 Å². The maximum atomic E-state index is 6.18. The van der Waals surface area contributed by atoms with Gasteiger partial charge in [0, 0.05) is 23.3 Å². The van der Waals surface area contributed by atoms with E-state index in [0.29, 0.717) is 5.02 Å². The number of pyridine rings is 1. The van der Waals surface area contributed by atoms with Gasteiger partial charge in [0.1, 0.15) is 0 Å². The SMILES string of the molecule is CCNc1cc(C)nc2c(Cl)ccc(C)c12. The summed E-state index contributed by atoms with van der Waals surface area (Å²) in [6, 6.07) is 6.00. The number of hydrogen-bond acceptors (Lipinski definition) is 2. The minimum Gasteiger partial charge on any atom is -0.385 e. The fraction of sp³-hybridized carbons (Fsp3) is 0.308. The maximum Gasteiger partial charge on any atom is 0.0914 e. The molecule has 0 aliphatic carbocycles. The molecule has 0 aliphatic heterocycles. The Morgan fingerprint density at radius 1 is 1.31 bits per heavy atom. The monoisotopic (exact) mass is 234 g/mol. The Kier molecular flexibility index (Phi) is 3.01. The van der Waals surface area contributed by atoms with E-state index in [9.17, 15) is 0 Å². The first-order chi connectivity index (χ1) is 7.63. The molecule has 2 rings (SSSR count). The van der Waals surface area contributed by atoms with Gasteiger partial charge in [-0.25, -0.2) is 0 Å². The van der Waals surface area contributed by atoms with E-state index in [-0.39, 0.29) is 0 Å². The Bertz CT molecular complexity index is 535. The average Bonchev–Trinajstić information content (AvgIpc) is 2.23. The topological polar surface area (TPSA) is 24.9 Å². The lowest BCUT2D eigenvalue weighted by Gasteiger charge is -2.12. The first kappa shape index (κ1) is 11.2. The second kappa shape index (κ2) is 4.30. The van der Waals surface area contributed by atoms with Crippen molar-refractivity contribution in [2.45, 2.75) is 20.8 Å². The number of rotatable bonds is 2. The van der Waals surface area contributed by atoms with E-state index in [4.69, 9.17) is 11.6 Å². The van der Waals surface area contributed by atoms with Gasteiger partial charge in [0.2, 0.25) is 0 Å². The summed E-state index contributed by atoms with van der Waals surface area (Å²) >= 11 is 6.18. The minimum absolute atomic E-state index is 0.712. The molecule has 3 heteroatoms. The van der Waals surface area contributed by atoms with Crippen LogP contribution in [0.25, 0.3) is 10.9 Å². The minimum atomic E-state index is 0.712. The van der Waals surface area contributed by atoms with Gasteiger partial charge in [-0.3, -0.25) is 4.98 Å². The molecular formula is C13H15ClN2. The summed E-state index contributed by atoms with van der Waals surface area (Å²) in [6.45, 7) is 7.04. The molecule has 0 atom stereocenters. The van der Waals surface area contributed by atoms with Gasteiger partial charge in [-0.05, 0) is 38.5 Å². The third-order valence-electron chi connectivity index (χ3n) is 2.61. The quantitative estimate of drug-likeness (QED) is 0.852. The van der Waals surface area contributed by atoms with Gasteiger partial charge in [0.25, 0.3) is 0 Å². The van der Waals surface area contributed by atoms with Crippen molar-refractivity contribution < 1.29 is 0 Å². The van der Waals surface area contributed by atoms with Crippen molar-refractivity contribution in [3.8, 4) is 0 Å². The van der Waals surface area contributed by atoms with E-state index >= 15 is 0 Å². The highest BCUT2D eigenvalue weighted by Gasteiger charge is 2.08. The number of hydrogen-bond donors (Lipinski definition) is 1. The molecule has 16 heavy (non-hydrogen) atoms. The molecule has 0 fully saturated rings. The summed E-state index contributed by atoms with van der Waals surface area (Å²) in [5.41, 5.74) is 4.18. The van der Waals surface area contributed by atoms with Gasteiger partial charge in [-0.1, -0.05) is 17.7 Å². The molecule has 1 aromatic carbocycles. The number of aryl methyl sites for hydroxylation is 2. The number of nitrogens with zero attached hydrogens (tertiary/aromatic N) is 1. The normalized spacial score (nSPS) is 10.8. The van der Waals surface area contributed by atoms with Gasteiger partial charge in [0.05, 0.1) is 10.5 Å². The average molecular weight is 235 g/mol. The smallest absolute Gasteiger partial charge is 0.0914 e. The number of nitrogens with one attached hydrogen (secondary N) is 1. The molecule has 0 radical (unpaired) electrons. The molecule has 1 aromatic heterocycles. The molecule has 2 nitrogen and oxygen atoms in total. The number of anilines is 1. The third-order valence-corrected chi connectivity index (χ3v) is 2.92. The summed E-state index contributed by atoms with van der Waals surface area (Å²) in [4.78, 5) is 4.51. The molecule has 0 unspecified atom stereocenters. The molecule has 0 spiro atoms. The number of benzene rings is 1. The Hall–Kier alpha value is -1.28. The van der Waals surface area contributed by atoms with Gasteiger partial charge in [-0.2, -0.15) is 0 Å². The molecule has 84 valence electrons. The Morgan fingerprint density at radius 3 is 2.75 bits per heavy atom. The summed E-state index contributed by atoms with van der Waals surface area (Å²) in [7, 11) is 0. The second-order valence-electron chi connectivity index (χ2n) is 3.93. The zero-order chi connectivity index (χ0) is 11.7. The van der Waals surface area contributed by atoms with Crippen LogP contribution in [0.3, 0.4) is 0 Å². The predicted molar refractivity (Wildman–Crippen MR) is 70.4 cm³/mol. The summed E-state index contributed by atoms with van der Waals surface area (Å²) in [6.07, 6.45) is 0. The van der Waals surface area contributed by atoms with E-state index in [0.717, 1.165) is 28.8 Å². The van der Waals surface area contributed by atoms with E-state index in [2.05, 4.69) is 30.2 Å². The van der Waals surface area contributed by atoms with E-state index in [1.165, 1.54) is 5.56 Å². The van der Waals surface area contributed by atoms with Gasteiger partial charge in [0.15, 0.2) is 0 Å². The fourth-order valence-electron chi connectivity index (χ4n) is 1.94. The molecule has 2 aromatic rings. The van der Waals surface area contributed by atoms with Crippen molar-refractivity contribution in [1.29, 1.82) is 0 Å². The zero-order valence-electron chi connectivity index (χ0n) is 9.76. The van der Waals surface area contributed by atoms with Crippen LogP contribution in [0.2, 0.25) is 5.02 Å². The van der Waals surface area contributed by atoms with Crippen LogP contribution in [0.15, 0.2) is 18.2 Å². The molecule has 1 heterocycles. The van der Waals surface area contributed by atoms with Crippen LogP contribution in [0.5, 0.6) is 0 Å². The molecular weight excluding hydrogens is 220 g/mol. The molecule has 0 aliphatic rings. The van der Waals surface area contributed by atoms with Gasteiger partial charge in [-0.15, -0.1) is 0 Å². The highest BCUT2D eigenvalue weighted by Crippen LogP contribution is 2.31. The van der Waals surface area contributed by atoms with Gasteiger partial charge >= 0.3 is 0 Å². The third kappa shape index (κ3) is 1.85. The van der Waals surface area contributed by atoms with Crippen LogP contribution in [0, 0.1) is 13.8 Å². The first-order valence-corrected chi connectivity index (χ1v) is 5.81. The van der Waals surface area contributed by atoms with Crippen LogP contribution < -0.4 is 5.32 Å². The molecule has 0 saturated heterocycles. The van der Waals surface area contributed by atoms with Crippen molar-refractivity contribution >= 4 is 28.2 Å². The first-order valence-electron chi connectivity index (χ1n) is 5.43. The standard InChI is InChI=1S/C13H15ClN2/c1-4-15-11-7-9(3)16-13-10(14)6-5-8(2)12(11)13/h5-7H,4H2,1-3H3,(H,15,16). The van der Waals surface area contributed by atoms with Crippen LogP contribution in [-0.2, 0) is 0 Å². The summed E-state index contributed by atoms with van der Waals surface area (Å²) < 4.78 is 0. The fourth-order valence-corrected chi connectivity index (χ4v) is 2.14. The molecule has 0 saturated carbocycles. The summed E-state index contributed by atoms with van der Waals surface area (Å²) in [5, 5.41) is 5.20. The van der Waals surface area contributed by atoms with Gasteiger partial charge < -0.3 is 5.32 Å². The highest BCUT2D eigenvalue weighted by molar-refractivity contribution is 6.35. The van der Waals surface area contributed by atoms with E-state index < -0.39 is 0 Å². The molecule has 0 amide bonds. The number of halogens is 1. The molecule has 0 bridgehead atoms. The Morgan fingerprint density at radius 2 is 2.06 bits per heavy atom. The van der Waals surface area contributed by atoms with Crippen molar-refractivity contribution in [1.82, 2.24) is 4.98 Å². The maximum absolute atomic E-state index is 6.18. The lowest BCUT2D eigenvalue weighted by atomic mass is 10.1. The zero-order valence-corrected chi connectivity index (χ0v) is 10.5. The van der Waals surface area contributed by atoms with Crippen LogP contribution in [0.1, 0.15) is 18.2 Å². The second-order valence-corrected chi connectivity index (χ2v) is 4.34. The number of aromatic nitrogens is 1. The number of fused-ring (bicyclic) bond motifs is 1. The van der Waals surface area contributed by atoms with Crippen LogP contribution >= 0.6 is 11.6 Å².